The van der Waals surface area contributed by atoms with Crippen molar-refractivity contribution in [1.82, 2.24) is 4.98 Å². The Hall–Kier alpha value is -3.10. The monoisotopic (exact) mass is 495 g/mol. The second-order valence-electron chi connectivity index (χ2n) is 6.94. The summed E-state index contributed by atoms with van der Waals surface area (Å²) in [6.45, 7) is 5.48. The number of carbonyl (C=O) groups is 2. The number of halogens is 1. The molecule has 2 aromatic carbocycles. The molecule has 0 atom stereocenters. The van der Waals surface area contributed by atoms with Crippen LogP contribution in [0.3, 0.4) is 0 Å². The summed E-state index contributed by atoms with van der Waals surface area (Å²) in [5.74, 6) is -0.449. The number of esters is 1. The van der Waals surface area contributed by atoms with Crippen molar-refractivity contribution in [3.05, 3.63) is 80.4 Å². The number of aryl methyl sites for hydroxylation is 1. The number of benzene rings is 2. The van der Waals surface area contributed by atoms with E-state index >= 15 is 0 Å². The van der Waals surface area contributed by atoms with E-state index in [0.717, 1.165) is 21.3 Å². The maximum atomic E-state index is 12.4. The van der Waals surface area contributed by atoms with Gasteiger partial charge in [0, 0.05) is 16.8 Å². The highest BCUT2D eigenvalue weighted by molar-refractivity contribution is 9.10. The number of anilines is 2. The Morgan fingerprint density at radius 2 is 1.94 bits per heavy atom. The molecule has 1 aliphatic heterocycles. The molecular formula is C23H18BrN3O3S. The Morgan fingerprint density at radius 1 is 1.16 bits per heavy atom. The summed E-state index contributed by atoms with van der Waals surface area (Å²) >= 11 is 4.76. The fourth-order valence-corrected chi connectivity index (χ4v) is 4.42. The maximum absolute atomic E-state index is 12.4. The quantitative estimate of drug-likeness (QED) is 0.351. The molecule has 4 rings (SSSR count). The minimum Gasteiger partial charge on any atom is -0.402 e. The van der Waals surface area contributed by atoms with Gasteiger partial charge in [-0.15, -0.1) is 11.3 Å². The third-order valence-corrected chi connectivity index (χ3v) is 6.38. The predicted octanol–water partition coefficient (Wildman–Crippen LogP) is 5.55. The average Bonchev–Trinajstić information content (AvgIpc) is 3.33. The maximum Gasteiger partial charge on any atom is 0.363 e. The van der Waals surface area contributed by atoms with Crippen molar-refractivity contribution in [1.29, 1.82) is 0 Å². The molecule has 8 heteroatoms. The molecule has 6 nitrogen and oxygen atoms in total. The lowest BCUT2D eigenvalue weighted by Gasteiger charge is -2.21. The summed E-state index contributed by atoms with van der Waals surface area (Å²) < 4.78 is 6.11. The van der Waals surface area contributed by atoms with E-state index in [4.69, 9.17) is 4.74 Å². The van der Waals surface area contributed by atoms with Gasteiger partial charge in [0.15, 0.2) is 10.8 Å². The highest BCUT2D eigenvalue weighted by Crippen LogP contribution is 2.33. The number of rotatable bonds is 4. The molecule has 0 bridgehead atoms. The smallest absolute Gasteiger partial charge is 0.363 e. The van der Waals surface area contributed by atoms with Crippen LogP contribution in [0.4, 0.5) is 10.8 Å². The van der Waals surface area contributed by atoms with Gasteiger partial charge in [-0.3, -0.25) is 9.69 Å². The van der Waals surface area contributed by atoms with Crippen molar-refractivity contribution in [3.8, 4) is 0 Å². The van der Waals surface area contributed by atoms with Crippen LogP contribution in [0, 0.1) is 13.8 Å². The number of aliphatic imine (C=N–C) groups is 1. The summed E-state index contributed by atoms with van der Waals surface area (Å²) in [6, 6.07) is 13.2. The van der Waals surface area contributed by atoms with Crippen molar-refractivity contribution in [2.45, 2.75) is 20.8 Å². The summed E-state index contributed by atoms with van der Waals surface area (Å²) in [5.41, 5.74) is 4.26. The van der Waals surface area contributed by atoms with E-state index < -0.39 is 5.97 Å². The van der Waals surface area contributed by atoms with E-state index in [2.05, 4.69) is 25.9 Å². The van der Waals surface area contributed by atoms with Crippen LogP contribution in [0.25, 0.3) is 6.08 Å². The Labute approximate surface area is 192 Å². The Bertz CT molecular complexity index is 1260. The summed E-state index contributed by atoms with van der Waals surface area (Å²) in [4.78, 5) is 35.2. The molecule has 0 radical (unpaired) electrons. The molecular weight excluding hydrogens is 478 g/mol. The largest absolute Gasteiger partial charge is 0.402 e. The first-order valence-electron chi connectivity index (χ1n) is 9.45. The fraction of sp³-hybridized carbons (Fsp3) is 0.130. The zero-order valence-electron chi connectivity index (χ0n) is 17.0. The second-order valence-corrected chi connectivity index (χ2v) is 8.64. The normalized spacial score (nSPS) is 14.5. The van der Waals surface area contributed by atoms with Crippen molar-refractivity contribution in [3.63, 3.8) is 0 Å². The van der Waals surface area contributed by atoms with E-state index in [1.165, 1.54) is 18.3 Å². The van der Waals surface area contributed by atoms with Gasteiger partial charge < -0.3 is 4.74 Å². The van der Waals surface area contributed by atoms with Crippen LogP contribution < -0.4 is 4.90 Å². The minimum absolute atomic E-state index is 0.142. The summed E-state index contributed by atoms with van der Waals surface area (Å²) in [6.07, 6.45) is 1.56. The van der Waals surface area contributed by atoms with E-state index in [9.17, 15) is 9.59 Å². The number of aromatic nitrogens is 1. The van der Waals surface area contributed by atoms with Gasteiger partial charge in [-0.1, -0.05) is 24.3 Å². The first-order valence-corrected chi connectivity index (χ1v) is 11.1. The zero-order chi connectivity index (χ0) is 22.1. The fourth-order valence-electron chi connectivity index (χ4n) is 3.13. The predicted molar refractivity (Wildman–Crippen MR) is 126 cm³/mol. The lowest BCUT2D eigenvalue weighted by Crippen LogP contribution is -2.23. The van der Waals surface area contributed by atoms with Gasteiger partial charge in [-0.05, 0) is 65.2 Å². The number of ether oxygens (including phenoxy) is 1. The standard InChI is InChI=1S/C23H18BrN3O3S/c1-13-7-6-10-20(14(13)2)27(15(3)28)23-25-16(12-31-23)11-19-22(29)30-21(26-19)17-8-4-5-9-18(17)24/h4-12H,1-3H3/b19-11-. The van der Waals surface area contributed by atoms with Crippen LogP contribution in [-0.2, 0) is 14.3 Å². The Balaban J connectivity index is 1.67. The lowest BCUT2D eigenvalue weighted by molar-refractivity contribution is -0.130. The van der Waals surface area contributed by atoms with Gasteiger partial charge in [-0.2, -0.15) is 0 Å². The van der Waals surface area contributed by atoms with Crippen LogP contribution in [0.1, 0.15) is 29.3 Å². The number of amides is 1. The van der Waals surface area contributed by atoms with E-state index in [0.29, 0.717) is 16.4 Å². The molecule has 0 aliphatic carbocycles. The van der Waals surface area contributed by atoms with Crippen LogP contribution in [0.2, 0.25) is 0 Å². The van der Waals surface area contributed by atoms with Crippen LogP contribution in [-0.4, -0.2) is 22.8 Å². The highest BCUT2D eigenvalue weighted by atomic mass is 79.9. The molecule has 0 unspecified atom stereocenters. The molecule has 1 amide bonds. The number of hydrogen-bond acceptors (Lipinski definition) is 6. The summed E-state index contributed by atoms with van der Waals surface area (Å²) in [5, 5.41) is 2.30. The van der Waals surface area contributed by atoms with Crippen LogP contribution in [0.15, 0.2) is 63.0 Å². The lowest BCUT2D eigenvalue weighted by atomic mass is 10.1. The molecule has 1 aromatic heterocycles. The molecule has 1 aliphatic rings. The molecule has 156 valence electrons. The van der Waals surface area contributed by atoms with Gasteiger partial charge in [0.05, 0.1) is 16.9 Å². The molecule has 3 aromatic rings. The Kier molecular flexibility index (Phi) is 5.84. The molecule has 0 saturated carbocycles. The van der Waals surface area contributed by atoms with Gasteiger partial charge in [0.1, 0.15) is 0 Å². The van der Waals surface area contributed by atoms with E-state index in [1.807, 2.05) is 56.3 Å². The van der Waals surface area contributed by atoms with Gasteiger partial charge >= 0.3 is 5.97 Å². The molecule has 0 spiro atoms. The number of hydrogen-bond donors (Lipinski definition) is 0. The number of thiazole rings is 1. The van der Waals surface area contributed by atoms with Crippen LogP contribution in [0.5, 0.6) is 0 Å². The number of nitrogens with zero attached hydrogens (tertiary/aromatic N) is 3. The third kappa shape index (κ3) is 4.22. The number of cyclic esters (lactones) is 1. The molecule has 2 heterocycles. The molecule has 0 N–H and O–H groups in total. The molecule has 0 saturated heterocycles. The van der Waals surface area contributed by atoms with Crippen molar-refractivity contribution in [2.24, 2.45) is 4.99 Å². The molecule has 31 heavy (non-hydrogen) atoms. The van der Waals surface area contributed by atoms with Crippen molar-refractivity contribution in [2.75, 3.05) is 4.90 Å². The summed E-state index contributed by atoms with van der Waals surface area (Å²) in [7, 11) is 0. The van der Waals surface area contributed by atoms with E-state index in [-0.39, 0.29) is 17.5 Å². The minimum atomic E-state index is -0.543. The SMILES string of the molecule is CC(=O)N(c1nc(/C=C2\N=C(c3ccccc3Br)OC2=O)cs1)c1cccc(C)c1C. The Morgan fingerprint density at radius 3 is 2.68 bits per heavy atom. The third-order valence-electron chi connectivity index (χ3n) is 4.84. The first kappa shape index (κ1) is 21.1. The molecule has 0 fully saturated rings. The zero-order valence-corrected chi connectivity index (χ0v) is 19.5. The number of carbonyl (C=O) groups excluding carboxylic acids is 2. The van der Waals surface area contributed by atoms with Gasteiger partial charge in [0.2, 0.25) is 11.8 Å². The topological polar surface area (TPSA) is 71.9 Å². The first-order chi connectivity index (χ1) is 14.8. The van der Waals surface area contributed by atoms with E-state index in [1.54, 1.807) is 16.4 Å². The highest BCUT2D eigenvalue weighted by Gasteiger charge is 2.26. The van der Waals surface area contributed by atoms with Crippen molar-refractivity contribution >= 4 is 61.9 Å². The average molecular weight is 496 g/mol. The van der Waals surface area contributed by atoms with Gasteiger partial charge in [-0.25, -0.2) is 14.8 Å². The second kappa shape index (κ2) is 8.56. The van der Waals surface area contributed by atoms with Crippen molar-refractivity contribution < 1.29 is 14.3 Å². The van der Waals surface area contributed by atoms with Gasteiger partial charge in [0.25, 0.3) is 0 Å². The van der Waals surface area contributed by atoms with Crippen LogP contribution >= 0.6 is 27.3 Å².